The zero-order valence-electron chi connectivity index (χ0n) is 12.5. The van der Waals surface area contributed by atoms with Gasteiger partial charge < -0.3 is 14.0 Å². The molecule has 0 radical (unpaired) electrons. The van der Waals surface area contributed by atoms with Crippen LogP contribution in [0.15, 0.2) is 0 Å². The van der Waals surface area contributed by atoms with Crippen LogP contribution in [0.5, 0.6) is 0 Å². The second-order valence-corrected chi connectivity index (χ2v) is 5.78. The van der Waals surface area contributed by atoms with Crippen LogP contribution in [-0.4, -0.2) is 46.1 Å². The van der Waals surface area contributed by atoms with Crippen molar-refractivity contribution in [3.05, 3.63) is 0 Å². The summed E-state index contributed by atoms with van der Waals surface area (Å²) in [6.07, 6.45) is -1.30. The SMILES string of the molecule is COC(=O)[C@H]1CC(C(F)(F)C(F)(F)S(=O)[O-])[C@@H](C(=O)OC)C1.[Na+]. The van der Waals surface area contributed by atoms with E-state index in [4.69, 9.17) is 0 Å². The molecule has 0 bridgehead atoms. The van der Waals surface area contributed by atoms with Crippen molar-refractivity contribution in [3.63, 3.8) is 0 Å². The number of hydrogen-bond acceptors (Lipinski definition) is 6. The van der Waals surface area contributed by atoms with Crippen molar-refractivity contribution < 1.29 is 74.9 Å². The number of halogens is 4. The molecule has 23 heavy (non-hydrogen) atoms. The first-order valence-corrected chi connectivity index (χ1v) is 7.08. The maximum atomic E-state index is 13.9. The summed E-state index contributed by atoms with van der Waals surface area (Å²) in [5.41, 5.74) is 0. The van der Waals surface area contributed by atoms with Crippen molar-refractivity contribution in [2.24, 2.45) is 17.8 Å². The Kier molecular flexibility index (Phi) is 8.15. The van der Waals surface area contributed by atoms with Gasteiger partial charge in [0.15, 0.2) is 0 Å². The van der Waals surface area contributed by atoms with Crippen LogP contribution in [0.4, 0.5) is 17.6 Å². The number of rotatable bonds is 5. The van der Waals surface area contributed by atoms with Gasteiger partial charge in [0.2, 0.25) is 0 Å². The molecule has 4 atom stereocenters. The van der Waals surface area contributed by atoms with Gasteiger partial charge in [0.05, 0.1) is 26.1 Å². The first-order chi connectivity index (χ1) is 10.0. The fourth-order valence-corrected chi connectivity index (χ4v) is 2.91. The van der Waals surface area contributed by atoms with Crippen molar-refractivity contribution in [2.45, 2.75) is 24.0 Å². The molecule has 128 valence electrons. The summed E-state index contributed by atoms with van der Waals surface area (Å²) in [6, 6.07) is 0. The van der Waals surface area contributed by atoms with E-state index in [2.05, 4.69) is 9.47 Å². The molecule has 0 aromatic carbocycles. The standard InChI is InChI=1S/C11H14F4O6S.Na/c1-20-8(16)5-3-6(9(17)21-2)7(4-5)10(12,13)11(14,15)22(18)19;/h5-7H,3-4H2,1-2H3,(H,18,19);/q;+1/p-1/t5-,6+,7?;/m1./s1. The molecule has 0 spiro atoms. The molecule has 6 nitrogen and oxygen atoms in total. The van der Waals surface area contributed by atoms with Gasteiger partial charge >= 0.3 is 52.7 Å². The predicted molar refractivity (Wildman–Crippen MR) is 62.5 cm³/mol. The Hall–Kier alpha value is -0.230. The molecule has 1 aliphatic rings. The van der Waals surface area contributed by atoms with Crippen molar-refractivity contribution in [3.8, 4) is 0 Å². The summed E-state index contributed by atoms with van der Waals surface area (Å²) in [5.74, 6) is -12.5. The smallest absolute Gasteiger partial charge is 0.768 e. The molecule has 1 aliphatic carbocycles. The first-order valence-electron chi connectivity index (χ1n) is 6.01. The molecule has 0 N–H and O–H groups in total. The quantitative estimate of drug-likeness (QED) is 0.242. The van der Waals surface area contributed by atoms with Gasteiger partial charge in [-0.15, -0.1) is 0 Å². The number of carbonyl (C=O) groups is 2. The summed E-state index contributed by atoms with van der Waals surface area (Å²) in [6.45, 7) is 0. The molecular weight excluding hydrogens is 359 g/mol. The van der Waals surface area contributed by atoms with E-state index in [0.29, 0.717) is 0 Å². The third kappa shape index (κ3) is 4.25. The van der Waals surface area contributed by atoms with Gasteiger partial charge in [-0.1, -0.05) is 0 Å². The second-order valence-electron chi connectivity index (χ2n) is 4.80. The van der Waals surface area contributed by atoms with Crippen LogP contribution in [0.2, 0.25) is 0 Å². The molecule has 0 heterocycles. The van der Waals surface area contributed by atoms with Crippen LogP contribution in [0.25, 0.3) is 0 Å². The van der Waals surface area contributed by atoms with Gasteiger partial charge in [0.25, 0.3) is 0 Å². The Bertz CT molecular complexity index is 489. The van der Waals surface area contributed by atoms with Crippen LogP contribution in [0.3, 0.4) is 0 Å². The molecule has 0 aromatic heterocycles. The second kappa shape index (κ2) is 8.24. The van der Waals surface area contributed by atoms with Crippen LogP contribution in [0.1, 0.15) is 12.8 Å². The minimum atomic E-state index is -5.38. The largest absolute Gasteiger partial charge is 1.00 e. The third-order valence-corrected chi connectivity index (χ3v) is 4.35. The van der Waals surface area contributed by atoms with Crippen LogP contribution >= 0.6 is 0 Å². The Morgan fingerprint density at radius 2 is 1.57 bits per heavy atom. The van der Waals surface area contributed by atoms with Crippen LogP contribution in [-0.2, 0) is 30.1 Å². The van der Waals surface area contributed by atoms with Gasteiger partial charge in [-0.2, -0.15) is 17.6 Å². The molecule has 0 aromatic rings. The van der Waals surface area contributed by atoms with Crippen molar-refractivity contribution in [1.29, 1.82) is 0 Å². The fourth-order valence-electron chi connectivity index (χ4n) is 2.54. The van der Waals surface area contributed by atoms with Crippen LogP contribution in [0, 0.1) is 17.8 Å². The van der Waals surface area contributed by atoms with Crippen LogP contribution < -0.4 is 29.6 Å². The average molecular weight is 372 g/mol. The number of hydrogen-bond donors (Lipinski definition) is 0. The van der Waals surface area contributed by atoms with Gasteiger partial charge in [-0.25, -0.2) is 0 Å². The summed E-state index contributed by atoms with van der Waals surface area (Å²) in [7, 11) is 1.84. The maximum absolute atomic E-state index is 13.9. The molecule has 0 aliphatic heterocycles. The normalized spacial score (nSPS) is 26.1. The van der Waals surface area contributed by atoms with Gasteiger partial charge in [-0.3, -0.25) is 13.8 Å². The molecule has 2 unspecified atom stereocenters. The Morgan fingerprint density at radius 1 is 1.09 bits per heavy atom. The maximum Gasteiger partial charge on any atom is 1.00 e. The van der Waals surface area contributed by atoms with E-state index in [-0.39, 0.29) is 29.6 Å². The third-order valence-electron chi connectivity index (χ3n) is 3.66. The topological polar surface area (TPSA) is 92.7 Å². The van der Waals surface area contributed by atoms with Crippen molar-refractivity contribution in [2.75, 3.05) is 14.2 Å². The minimum Gasteiger partial charge on any atom is -0.768 e. The number of methoxy groups -OCH3 is 2. The summed E-state index contributed by atoms with van der Waals surface area (Å²) in [4.78, 5) is 22.9. The fraction of sp³-hybridized carbons (Fsp3) is 0.818. The average Bonchev–Trinajstić information content (AvgIpc) is 2.90. The molecule has 0 amide bonds. The number of ether oxygens (including phenoxy) is 2. The van der Waals surface area contributed by atoms with E-state index in [1.54, 1.807) is 0 Å². The Labute approximate surface area is 153 Å². The van der Waals surface area contributed by atoms with E-state index in [9.17, 15) is 35.9 Å². The summed E-state index contributed by atoms with van der Waals surface area (Å²) < 4.78 is 83.9. The minimum absolute atomic E-state index is 0. The number of carbonyl (C=O) groups excluding carboxylic acids is 2. The molecule has 1 fully saturated rings. The zero-order chi connectivity index (χ0) is 17.3. The molecule has 0 saturated heterocycles. The van der Waals surface area contributed by atoms with Gasteiger partial charge in [-0.05, 0) is 12.8 Å². The van der Waals surface area contributed by atoms with E-state index in [0.717, 1.165) is 14.2 Å². The van der Waals surface area contributed by atoms with Crippen molar-refractivity contribution >= 4 is 23.0 Å². The Morgan fingerprint density at radius 3 is 1.96 bits per heavy atom. The van der Waals surface area contributed by atoms with E-state index < -0.39 is 64.8 Å². The van der Waals surface area contributed by atoms with E-state index in [1.807, 2.05) is 0 Å². The van der Waals surface area contributed by atoms with E-state index >= 15 is 0 Å². The number of alkyl halides is 4. The van der Waals surface area contributed by atoms with Gasteiger partial charge in [0, 0.05) is 17.0 Å². The molecule has 1 rings (SSSR count). The van der Waals surface area contributed by atoms with Crippen molar-refractivity contribution in [1.82, 2.24) is 0 Å². The molecule has 12 heteroatoms. The van der Waals surface area contributed by atoms with Gasteiger partial charge in [0.1, 0.15) is 0 Å². The molecular formula is C11H13F4NaO6S. The zero-order valence-corrected chi connectivity index (χ0v) is 15.3. The summed E-state index contributed by atoms with van der Waals surface area (Å²) >= 11 is -4.40. The summed E-state index contributed by atoms with van der Waals surface area (Å²) in [5, 5.41) is -5.38. The first kappa shape index (κ1) is 22.8. The predicted octanol–water partition coefficient (Wildman–Crippen LogP) is -1.91. The Balaban J connectivity index is 0.00000484. The van der Waals surface area contributed by atoms with E-state index in [1.165, 1.54) is 0 Å². The number of esters is 2. The monoisotopic (exact) mass is 372 g/mol. The molecule has 1 saturated carbocycles.